The Hall–Kier alpha value is -1.46. The normalized spacial score (nSPS) is 18.8. The lowest BCUT2D eigenvalue weighted by Gasteiger charge is -2.20. The van der Waals surface area contributed by atoms with E-state index in [1.807, 2.05) is 12.1 Å². The fourth-order valence-electron chi connectivity index (χ4n) is 3.20. The molecular weight excluding hydrogens is 314 g/mol. The van der Waals surface area contributed by atoms with Gasteiger partial charge in [-0.05, 0) is 56.2 Å². The van der Waals surface area contributed by atoms with Crippen LogP contribution in [-0.4, -0.2) is 36.9 Å². The van der Waals surface area contributed by atoms with Gasteiger partial charge in [0.2, 0.25) is 0 Å². The molecule has 1 aromatic carbocycles. The standard InChI is InChI=1S/C17H24ClN3O2/c18-14-11-13(5-6-16(14)21-8-1-2-9-21)19-17(23)20-15(7-10-22)12-3-4-12/h5-6,11-12,15,22H,1-4,7-10H2,(H2,19,20,23). The Morgan fingerprint density at radius 1 is 1.35 bits per heavy atom. The lowest BCUT2D eigenvalue weighted by molar-refractivity contribution is 0.234. The molecule has 1 saturated heterocycles. The summed E-state index contributed by atoms with van der Waals surface area (Å²) in [4.78, 5) is 14.4. The molecule has 0 radical (unpaired) electrons. The fourth-order valence-corrected chi connectivity index (χ4v) is 3.50. The van der Waals surface area contributed by atoms with Crippen LogP contribution in [0.5, 0.6) is 0 Å². The van der Waals surface area contributed by atoms with Crippen molar-refractivity contribution >= 4 is 29.0 Å². The van der Waals surface area contributed by atoms with Crippen LogP contribution < -0.4 is 15.5 Å². The summed E-state index contributed by atoms with van der Waals surface area (Å²) in [7, 11) is 0. The van der Waals surface area contributed by atoms with Crippen molar-refractivity contribution in [3.05, 3.63) is 23.2 Å². The van der Waals surface area contributed by atoms with Crippen LogP contribution in [0.1, 0.15) is 32.1 Å². The van der Waals surface area contributed by atoms with Gasteiger partial charge in [0.25, 0.3) is 0 Å². The molecule has 3 N–H and O–H groups in total. The highest BCUT2D eigenvalue weighted by molar-refractivity contribution is 6.33. The highest BCUT2D eigenvalue weighted by Gasteiger charge is 2.31. The molecule has 2 fully saturated rings. The zero-order valence-corrected chi connectivity index (χ0v) is 14.0. The van der Waals surface area contributed by atoms with Crippen molar-refractivity contribution in [2.45, 2.75) is 38.1 Å². The monoisotopic (exact) mass is 337 g/mol. The number of carbonyl (C=O) groups is 1. The highest BCUT2D eigenvalue weighted by Crippen LogP contribution is 2.34. The molecule has 0 spiro atoms. The van der Waals surface area contributed by atoms with Crippen LogP contribution in [0.4, 0.5) is 16.2 Å². The lowest BCUT2D eigenvalue weighted by Crippen LogP contribution is -2.39. The summed E-state index contributed by atoms with van der Waals surface area (Å²) in [6.45, 7) is 2.17. The summed E-state index contributed by atoms with van der Waals surface area (Å²) >= 11 is 6.36. The minimum absolute atomic E-state index is 0.0549. The van der Waals surface area contributed by atoms with E-state index in [9.17, 15) is 4.79 Å². The molecular formula is C17H24ClN3O2. The number of halogens is 1. The molecule has 0 aromatic heterocycles. The second kappa shape index (κ2) is 7.41. The molecule has 1 aromatic rings. The number of hydrogen-bond donors (Lipinski definition) is 3. The van der Waals surface area contributed by atoms with Gasteiger partial charge in [0, 0.05) is 31.4 Å². The van der Waals surface area contributed by atoms with Gasteiger partial charge in [-0.15, -0.1) is 0 Å². The lowest BCUT2D eigenvalue weighted by atomic mass is 10.1. The Kier molecular flexibility index (Phi) is 5.28. The Morgan fingerprint density at radius 3 is 2.70 bits per heavy atom. The molecule has 5 nitrogen and oxygen atoms in total. The van der Waals surface area contributed by atoms with E-state index in [1.165, 1.54) is 12.8 Å². The predicted octanol–water partition coefficient (Wildman–Crippen LogP) is 3.22. The molecule has 1 aliphatic heterocycles. The van der Waals surface area contributed by atoms with Crippen molar-refractivity contribution in [3.8, 4) is 0 Å². The van der Waals surface area contributed by atoms with Crippen molar-refractivity contribution in [1.82, 2.24) is 5.32 Å². The largest absolute Gasteiger partial charge is 0.396 e. The number of urea groups is 1. The maximum absolute atomic E-state index is 12.1. The molecule has 6 heteroatoms. The van der Waals surface area contributed by atoms with E-state index in [2.05, 4.69) is 15.5 Å². The number of rotatable bonds is 6. The average molecular weight is 338 g/mol. The molecule has 1 heterocycles. The number of carbonyl (C=O) groups excluding carboxylic acids is 1. The molecule has 0 bridgehead atoms. The molecule has 2 amide bonds. The molecule has 3 rings (SSSR count). The molecule has 1 saturated carbocycles. The first-order chi connectivity index (χ1) is 11.2. The van der Waals surface area contributed by atoms with Crippen LogP contribution >= 0.6 is 11.6 Å². The van der Waals surface area contributed by atoms with E-state index in [-0.39, 0.29) is 18.7 Å². The number of benzene rings is 1. The van der Waals surface area contributed by atoms with Crippen molar-refractivity contribution < 1.29 is 9.90 Å². The quantitative estimate of drug-likeness (QED) is 0.746. The van der Waals surface area contributed by atoms with Crippen LogP contribution in [0.2, 0.25) is 5.02 Å². The van der Waals surface area contributed by atoms with Gasteiger partial charge in [0.15, 0.2) is 0 Å². The number of aliphatic hydroxyl groups is 1. The predicted molar refractivity (Wildman–Crippen MR) is 93.3 cm³/mol. The third kappa shape index (κ3) is 4.30. The molecule has 1 aliphatic carbocycles. The van der Waals surface area contributed by atoms with E-state index in [0.717, 1.165) is 31.6 Å². The van der Waals surface area contributed by atoms with Crippen molar-refractivity contribution in [1.29, 1.82) is 0 Å². The third-order valence-electron chi connectivity index (χ3n) is 4.60. The molecule has 126 valence electrons. The Balaban J connectivity index is 1.58. The first-order valence-electron chi connectivity index (χ1n) is 8.40. The number of aliphatic hydroxyl groups excluding tert-OH is 1. The van der Waals surface area contributed by atoms with E-state index in [1.54, 1.807) is 6.07 Å². The minimum Gasteiger partial charge on any atom is -0.396 e. The number of hydrogen-bond acceptors (Lipinski definition) is 3. The topological polar surface area (TPSA) is 64.6 Å². The summed E-state index contributed by atoms with van der Waals surface area (Å²) in [5, 5.41) is 15.5. The number of amides is 2. The van der Waals surface area contributed by atoms with Crippen molar-refractivity contribution in [2.75, 3.05) is 29.9 Å². The summed E-state index contributed by atoms with van der Waals surface area (Å²) in [6.07, 6.45) is 5.26. The SMILES string of the molecule is O=C(Nc1ccc(N2CCCC2)c(Cl)c1)NC(CCO)C1CC1. The van der Waals surface area contributed by atoms with E-state index in [4.69, 9.17) is 16.7 Å². The zero-order valence-electron chi connectivity index (χ0n) is 13.2. The molecule has 2 aliphatic rings. The fraction of sp³-hybridized carbons (Fsp3) is 0.588. The number of anilines is 2. The zero-order chi connectivity index (χ0) is 16.2. The minimum atomic E-state index is -0.236. The molecule has 1 unspecified atom stereocenters. The van der Waals surface area contributed by atoms with Gasteiger partial charge in [-0.3, -0.25) is 0 Å². The Bertz CT molecular complexity index is 557. The maximum atomic E-state index is 12.1. The number of nitrogens with one attached hydrogen (secondary N) is 2. The molecule has 1 atom stereocenters. The van der Waals surface area contributed by atoms with E-state index < -0.39 is 0 Å². The van der Waals surface area contributed by atoms with Crippen LogP contribution in [0.25, 0.3) is 0 Å². The van der Waals surface area contributed by atoms with Gasteiger partial charge in [-0.2, -0.15) is 0 Å². The van der Waals surface area contributed by atoms with Gasteiger partial charge < -0.3 is 20.6 Å². The van der Waals surface area contributed by atoms with Gasteiger partial charge in [0.1, 0.15) is 0 Å². The second-order valence-electron chi connectivity index (χ2n) is 6.42. The van der Waals surface area contributed by atoms with Crippen LogP contribution in [-0.2, 0) is 0 Å². The molecule has 23 heavy (non-hydrogen) atoms. The number of nitrogens with zero attached hydrogens (tertiary/aromatic N) is 1. The van der Waals surface area contributed by atoms with Gasteiger partial charge in [-0.25, -0.2) is 4.79 Å². The van der Waals surface area contributed by atoms with Gasteiger partial charge >= 0.3 is 6.03 Å². The van der Waals surface area contributed by atoms with Crippen molar-refractivity contribution in [2.24, 2.45) is 5.92 Å². The first-order valence-corrected chi connectivity index (χ1v) is 8.78. The van der Waals surface area contributed by atoms with E-state index in [0.29, 0.717) is 23.0 Å². The van der Waals surface area contributed by atoms with Gasteiger partial charge in [-0.1, -0.05) is 11.6 Å². The summed E-state index contributed by atoms with van der Waals surface area (Å²) in [6, 6.07) is 5.47. The average Bonchev–Trinajstić information content (AvgIpc) is 3.23. The maximum Gasteiger partial charge on any atom is 0.319 e. The third-order valence-corrected chi connectivity index (χ3v) is 4.90. The second-order valence-corrected chi connectivity index (χ2v) is 6.82. The van der Waals surface area contributed by atoms with Crippen LogP contribution in [0.15, 0.2) is 18.2 Å². The smallest absolute Gasteiger partial charge is 0.319 e. The Labute approximate surface area is 142 Å². The highest BCUT2D eigenvalue weighted by atomic mass is 35.5. The summed E-state index contributed by atoms with van der Waals surface area (Å²) in [5.74, 6) is 0.508. The van der Waals surface area contributed by atoms with Crippen molar-refractivity contribution in [3.63, 3.8) is 0 Å². The van der Waals surface area contributed by atoms with Gasteiger partial charge in [0.05, 0.1) is 10.7 Å². The Morgan fingerprint density at radius 2 is 2.09 bits per heavy atom. The first kappa shape index (κ1) is 16.4. The summed E-state index contributed by atoms with van der Waals surface area (Å²) < 4.78 is 0. The summed E-state index contributed by atoms with van der Waals surface area (Å²) in [5.41, 5.74) is 1.72. The van der Waals surface area contributed by atoms with Crippen LogP contribution in [0.3, 0.4) is 0 Å². The van der Waals surface area contributed by atoms with E-state index >= 15 is 0 Å². The van der Waals surface area contributed by atoms with Crippen LogP contribution in [0, 0.1) is 5.92 Å².